The Kier molecular flexibility index (Phi) is 3.55. The van der Waals surface area contributed by atoms with Gasteiger partial charge in [0.15, 0.2) is 0 Å². The Morgan fingerprint density at radius 1 is 1.28 bits per heavy atom. The van der Waals surface area contributed by atoms with E-state index in [0.717, 1.165) is 9.79 Å². The molecule has 0 aliphatic rings. The van der Waals surface area contributed by atoms with Crippen molar-refractivity contribution in [3.8, 4) is 6.07 Å². The monoisotopic (exact) mass is 257 g/mol. The number of carbonyl (C=O) groups is 1. The van der Waals surface area contributed by atoms with Gasteiger partial charge in [-0.25, -0.2) is 14.8 Å². The molecule has 88 valence electrons. The highest BCUT2D eigenvalue weighted by atomic mass is 32.2. The number of hydrogen-bond acceptors (Lipinski definition) is 5. The maximum atomic E-state index is 10.8. The third-order valence-corrected chi connectivity index (χ3v) is 3.00. The van der Waals surface area contributed by atoms with E-state index < -0.39 is 5.97 Å². The van der Waals surface area contributed by atoms with E-state index in [0.29, 0.717) is 5.69 Å². The first kappa shape index (κ1) is 12.1. The maximum Gasteiger partial charge on any atom is 0.354 e. The van der Waals surface area contributed by atoms with Gasteiger partial charge in [-0.3, -0.25) is 0 Å². The SMILES string of the molecule is N#Cc1ccc(Sc2ccnc(C(=O)O)c2)cn1. The maximum absolute atomic E-state index is 10.8. The Hall–Kier alpha value is -2.39. The Morgan fingerprint density at radius 2 is 2.11 bits per heavy atom. The van der Waals surface area contributed by atoms with Crippen LogP contribution in [-0.4, -0.2) is 21.0 Å². The molecule has 1 N–H and O–H groups in total. The van der Waals surface area contributed by atoms with Crippen LogP contribution >= 0.6 is 11.8 Å². The number of nitrogens with zero attached hydrogens (tertiary/aromatic N) is 3. The molecule has 2 heterocycles. The highest BCUT2D eigenvalue weighted by Crippen LogP contribution is 2.26. The molecular formula is C12H7N3O2S. The molecule has 18 heavy (non-hydrogen) atoms. The van der Waals surface area contributed by atoms with E-state index in [4.69, 9.17) is 10.4 Å². The molecule has 2 aromatic rings. The molecule has 0 aliphatic carbocycles. The van der Waals surface area contributed by atoms with Crippen molar-refractivity contribution in [1.82, 2.24) is 9.97 Å². The van der Waals surface area contributed by atoms with Crippen LogP contribution in [0.4, 0.5) is 0 Å². The van der Waals surface area contributed by atoms with Gasteiger partial charge in [-0.05, 0) is 24.3 Å². The third kappa shape index (κ3) is 2.84. The fourth-order valence-electron chi connectivity index (χ4n) is 1.23. The molecule has 0 aliphatic heterocycles. The van der Waals surface area contributed by atoms with E-state index in [1.54, 1.807) is 24.4 Å². The van der Waals surface area contributed by atoms with E-state index in [-0.39, 0.29) is 5.69 Å². The van der Waals surface area contributed by atoms with Crippen LogP contribution in [0, 0.1) is 11.3 Å². The first-order chi connectivity index (χ1) is 8.69. The van der Waals surface area contributed by atoms with E-state index >= 15 is 0 Å². The van der Waals surface area contributed by atoms with Gasteiger partial charge in [-0.15, -0.1) is 0 Å². The lowest BCUT2D eigenvalue weighted by atomic mass is 10.3. The summed E-state index contributed by atoms with van der Waals surface area (Å²) < 4.78 is 0. The normalized spacial score (nSPS) is 9.72. The van der Waals surface area contributed by atoms with Crippen molar-refractivity contribution in [2.45, 2.75) is 9.79 Å². The van der Waals surface area contributed by atoms with Gasteiger partial charge in [-0.2, -0.15) is 5.26 Å². The molecule has 0 aromatic carbocycles. The molecule has 0 fully saturated rings. The smallest absolute Gasteiger partial charge is 0.354 e. The lowest BCUT2D eigenvalue weighted by molar-refractivity contribution is 0.0690. The fourth-order valence-corrected chi connectivity index (χ4v) is 2.05. The zero-order valence-electron chi connectivity index (χ0n) is 9.07. The molecule has 6 heteroatoms. The molecule has 0 saturated carbocycles. The van der Waals surface area contributed by atoms with Crippen LogP contribution in [0.15, 0.2) is 46.5 Å². The molecule has 0 saturated heterocycles. The molecule has 0 radical (unpaired) electrons. The average Bonchev–Trinajstić information content (AvgIpc) is 2.40. The van der Waals surface area contributed by atoms with E-state index in [9.17, 15) is 4.79 Å². The van der Waals surface area contributed by atoms with E-state index in [2.05, 4.69) is 9.97 Å². The van der Waals surface area contributed by atoms with Crippen molar-refractivity contribution in [3.05, 3.63) is 48.0 Å². The number of aromatic nitrogens is 2. The van der Waals surface area contributed by atoms with Crippen LogP contribution in [0.2, 0.25) is 0 Å². The Balaban J connectivity index is 2.20. The third-order valence-electron chi connectivity index (χ3n) is 2.04. The second-order valence-corrected chi connectivity index (χ2v) is 4.42. The molecule has 0 spiro atoms. The van der Waals surface area contributed by atoms with E-state index in [1.807, 2.05) is 6.07 Å². The number of carboxylic acid groups (broad SMARTS) is 1. The lowest BCUT2D eigenvalue weighted by Gasteiger charge is -2.01. The minimum Gasteiger partial charge on any atom is -0.477 e. The zero-order chi connectivity index (χ0) is 13.0. The molecule has 0 atom stereocenters. The van der Waals surface area contributed by atoms with Crippen LogP contribution in [0.1, 0.15) is 16.2 Å². The molecule has 0 unspecified atom stereocenters. The second kappa shape index (κ2) is 5.29. The van der Waals surface area contributed by atoms with Crippen LogP contribution in [-0.2, 0) is 0 Å². The predicted octanol–water partition coefficient (Wildman–Crippen LogP) is 2.20. The number of aromatic carboxylic acids is 1. The summed E-state index contributed by atoms with van der Waals surface area (Å²) in [6, 6.07) is 8.52. The largest absolute Gasteiger partial charge is 0.477 e. The number of rotatable bonds is 3. The minimum atomic E-state index is -1.06. The quantitative estimate of drug-likeness (QED) is 0.906. The van der Waals surface area contributed by atoms with Crippen LogP contribution in [0.3, 0.4) is 0 Å². The highest BCUT2D eigenvalue weighted by molar-refractivity contribution is 7.99. The van der Waals surface area contributed by atoms with Gasteiger partial charge >= 0.3 is 5.97 Å². The van der Waals surface area contributed by atoms with Gasteiger partial charge < -0.3 is 5.11 Å². The van der Waals surface area contributed by atoms with Crippen molar-refractivity contribution < 1.29 is 9.90 Å². The van der Waals surface area contributed by atoms with Crippen molar-refractivity contribution in [2.75, 3.05) is 0 Å². The van der Waals surface area contributed by atoms with Gasteiger partial charge in [-0.1, -0.05) is 11.8 Å². The van der Waals surface area contributed by atoms with Crippen LogP contribution < -0.4 is 0 Å². The summed E-state index contributed by atoms with van der Waals surface area (Å²) in [5.74, 6) is -1.06. The van der Waals surface area contributed by atoms with Gasteiger partial charge in [0.1, 0.15) is 17.5 Å². The molecule has 0 amide bonds. The van der Waals surface area contributed by atoms with Crippen LogP contribution in [0.5, 0.6) is 0 Å². The van der Waals surface area contributed by atoms with Gasteiger partial charge in [0.25, 0.3) is 0 Å². The molecule has 2 rings (SSSR count). The Labute approximate surface area is 107 Å². The molecule has 0 bridgehead atoms. The average molecular weight is 257 g/mol. The van der Waals surface area contributed by atoms with Crippen molar-refractivity contribution >= 4 is 17.7 Å². The molecule has 2 aromatic heterocycles. The summed E-state index contributed by atoms with van der Waals surface area (Å²) in [4.78, 5) is 20.0. The summed E-state index contributed by atoms with van der Waals surface area (Å²) >= 11 is 1.36. The van der Waals surface area contributed by atoms with Gasteiger partial charge in [0, 0.05) is 22.2 Å². The van der Waals surface area contributed by atoms with Crippen LogP contribution in [0.25, 0.3) is 0 Å². The predicted molar refractivity (Wildman–Crippen MR) is 64.3 cm³/mol. The molecule has 5 nitrogen and oxygen atoms in total. The summed E-state index contributed by atoms with van der Waals surface area (Å²) in [5, 5.41) is 17.4. The van der Waals surface area contributed by atoms with E-state index in [1.165, 1.54) is 24.0 Å². The number of nitriles is 1. The highest BCUT2D eigenvalue weighted by Gasteiger charge is 2.06. The van der Waals surface area contributed by atoms with Gasteiger partial charge in [0.05, 0.1) is 0 Å². The van der Waals surface area contributed by atoms with Gasteiger partial charge in [0.2, 0.25) is 0 Å². The zero-order valence-corrected chi connectivity index (χ0v) is 9.89. The summed E-state index contributed by atoms with van der Waals surface area (Å²) in [5.41, 5.74) is 0.349. The summed E-state index contributed by atoms with van der Waals surface area (Å²) in [7, 11) is 0. The first-order valence-electron chi connectivity index (χ1n) is 4.92. The molecular weight excluding hydrogens is 250 g/mol. The topological polar surface area (TPSA) is 86.9 Å². The number of carboxylic acids is 1. The standard InChI is InChI=1S/C12H7N3O2S/c13-6-8-1-2-10(7-15-8)18-9-3-4-14-11(5-9)12(16)17/h1-5,7H,(H,16,17). The van der Waals surface area contributed by atoms with Crippen molar-refractivity contribution in [2.24, 2.45) is 0 Å². The summed E-state index contributed by atoms with van der Waals surface area (Å²) in [6.45, 7) is 0. The van der Waals surface area contributed by atoms with Crippen molar-refractivity contribution in [1.29, 1.82) is 5.26 Å². The first-order valence-corrected chi connectivity index (χ1v) is 5.74. The van der Waals surface area contributed by atoms with Crippen molar-refractivity contribution in [3.63, 3.8) is 0 Å². The fraction of sp³-hybridized carbons (Fsp3) is 0. The number of pyridine rings is 2. The number of hydrogen-bond donors (Lipinski definition) is 1. The Bertz CT molecular complexity index is 620. The lowest BCUT2D eigenvalue weighted by Crippen LogP contribution is -1.99. The Morgan fingerprint density at radius 3 is 2.72 bits per heavy atom. The minimum absolute atomic E-state index is 0.00149. The summed E-state index contributed by atoms with van der Waals surface area (Å²) in [6.07, 6.45) is 3.02. The second-order valence-electron chi connectivity index (χ2n) is 3.27.